The van der Waals surface area contributed by atoms with Gasteiger partial charge in [-0.05, 0) is 62.5 Å². The van der Waals surface area contributed by atoms with E-state index in [0.29, 0.717) is 16.9 Å². The van der Waals surface area contributed by atoms with Crippen LogP contribution in [0.4, 0.5) is 5.69 Å². The van der Waals surface area contributed by atoms with Crippen molar-refractivity contribution in [2.45, 2.75) is 31.3 Å². The number of sulfonamides is 1. The molecule has 14 nitrogen and oxygen atoms in total. The lowest BCUT2D eigenvalue weighted by Gasteiger charge is -2.38. The normalized spacial score (nSPS) is 14.0. The summed E-state index contributed by atoms with van der Waals surface area (Å²) >= 11 is 5.86. The number of aromatic nitrogens is 2. The highest BCUT2D eigenvalue weighted by molar-refractivity contribution is 7.89. The van der Waals surface area contributed by atoms with Gasteiger partial charge in [0.25, 0.3) is 11.2 Å². The van der Waals surface area contributed by atoms with Gasteiger partial charge in [-0.25, -0.2) is 23.1 Å². The van der Waals surface area contributed by atoms with Crippen LogP contribution in [-0.4, -0.2) is 53.5 Å². The SMILES string of the molecule is COC(=O)C1=C(C)N(Cn2c(=S)n(-c3ccc(S(N)(=O)=O)cc3)c(=O)c3ccccc32)C(C)=C(C(=O)OC)C1c1ccccc1[N+](=O)[O-]. The lowest BCUT2D eigenvalue weighted by Crippen LogP contribution is -2.37. The Morgan fingerprint density at radius 2 is 1.46 bits per heavy atom. The van der Waals surface area contributed by atoms with Crippen LogP contribution in [0.5, 0.6) is 0 Å². The Balaban J connectivity index is 1.79. The molecule has 248 valence electrons. The largest absolute Gasteiger partial charge is 0.466 e. The van der Waals surface area contributed by atoms with E-state index in [1.165, 1.54) is 47.0 Å². The topological polar surface area (TPSA) is 186 Å². The van der Waals surface area contributed by atoms with Crippen LogP contribution in [0.2, 0.25) is 0 Å². The Kier molecular flexibility index (Phi) is 9.17. The zero-order valence-corrected chi connectivity index (χ0v) is 27.7. The van der Waals surface area contributed by atoms with E-state index < -0.39 is 38.4 Å². The molecule has 0 bridgehead atoms. The van der Waals surface area contributed by atoms with Gasteiger partial charge >= 0.3 is 11.9 Å². The zero-order valence-electron chi connectivity index (χ0n) is 26.1. The predicted molar refractivity (Wildman–Crippen MR) is 177 cm³/mol. The molecule has 0 unspecified atom stereocenters. The summed E-state index contributed by atoms with van der Waals surface area (Å²) in [6, 6.07) is 17.8. The maximum Gasteiger partial charge on any atom is 0.336 e. The number of carbonyl (C=O) groups is 2. The number of hydrogen-bond donors (Lipinski definition) is 1. The summed E-state index contributed by atoms with van der Waals surface area (Å²) in [5, 5.41) is 17.6. The maximum absolute atomic E-state index is 13.8. The first kappa shape index (κ1) is 33.9. The summed E-state index contributed by atoms with van der Waals surface area (Å²) in [7, 11) is -1.69. The highest BCUT2D eigenvalue weighted by Gasteiger charge is 2.43. The molecule has 4 aromatic rings. The smallest absolute Gasteiger partial charge is 0.336 e. The molecule has 0 saturated carbocycles. The number of methoxy groups -OCH3 is 2. The van der Waals surface area contributed by atoms with E-state index in [1.807, 2.05) is 0 Å². The molecule has 0 radical (unpaired) electrons. The number of para-hydroxylation sites is 2. The third-order valence-corrected chi connectivity index (χ3v) is 9.51. The minimum Gasteiger partial charge on any atom is -0.466 e. The van der Waals surface area contributed by atoms with E-state index in [2.05, 4.69) is 0 Å². The van der Waals surface area contributed by atoms with Crippen molar-refractivity contribution in [2.75, 3.05) is 14.2 Å². The van der Waals surface area contributed by atoms with E-state index in [1.54, 1.807) is 53.6 Å². The Bertz CT molecular complexity index is 2270. The van der Waals surface area contributed by atoms with Crippen LogP contribution in [0, 0.1) is 14.9 Å². The van der Waals surface area contributed by atoms with Gasteiger partial charge in [-0.1, -0.05) is 30.3 Å². The van der Waals surface area contributed by atoms with Crippen molar-refractivity contribution in [3.8, 4) is 5.69 Å². The molecule has 0 saturated heterocycles. The molecule has 0 aliphatic carbocycles. The van der Waals surface area contributed by atoms with Crippen molar-refractivity contribution in [3.63, 3.8) is 0 Å². The molecule has 2 heterocycles. The number of allylic oxidation sites excluding steroid dienone is 2. The number of nitro benzene ring substituents is 1. The maximum atomic E-state index is 13.8. The molecule has 0 fully saturated rings. The number of hydrogen-bond acceptors (Lipinski definition) is 11. The number of primary sulfonamides is 1. The first-order valence-electron chi connectivity index (χ1n) is 14.2. The Hall–Kier alpha value is -5.45. The fourth-order valence-corrected chi connectivity index (χ4v) is 6.75. The summed E-state index contributed by atoms with van der Waals surface area (Å²) in [5.74, 6) is -2.88. The Morgan fingerprint density at radius 3 is 2.00 bits per heavy atom. The number of nitrogens with zero attached hydrogens (tertiary/aromatic N) is 4. The van der Waals surface area contributed by atoms with E-state index in [-0.39, 0.29) is 49.8 Å². The highest BCUT2D eigenvalue weighted by Crippen LogP contribution is 2.45. The Labute approximate surface area is 279 Å². The standard InChI is InChI=1S/C32H29N5O9S2/c1-18-26(30(39)45-3)28(22-9-5-8-12-25(22)37(41)42)27(31(40)46-4)19(2)34(18)17-35-24-11-7-6-10-23(24)29(38)36(32(35)47)20-13-15-21(16-14-20)48(33,43)44/h5-16,28H,17H2,1-4H3,(H2,33,43,44). The van der Waals surface area contributed by atoms with Gasteiger partial charge in [-0.15, -0.1) is 0 Å². The number of rotatable bonds is 8. The molecular formula is C32H29N5O9S2. The molecule has 16 heteroatoms. The second-order valence-corrected chi connectivity index (χ2v) is 12.6. The van der Waals surface area contributed by atoms with Gasteiger partial charge < -0.3 is 14.4 Å². The third kappa shape index (κ3) is 5.80. The van der Waals surface area contributed by atoms with Gasteiger partial charge in [0.1, 0.15) is 6.67 Å². The fourth-order valence-electron chi connectivity index (χ4n) is 5.89. The number of carbonyl (C=O) groups excluding carboxylic acids is 2. The van der Waals surface area contributed by atoms with E-state index in [9.17, 15) is 32.9 Å². The zero-order chi connectivity index (χ0) is 35.1. The van der Waals surface area contributed by atoms with Crippen molar-refractivity contribution < 1.29 is 32.4 Å². The van der Waals surface area contributed by atoms with Gasteiger partial charge in [-0.3, -0.25) is 24.0 Å². The Morgan fingerprint density at radius 1 is 0.917 bits per heavy atom. The minimum atomic E-state index is -4.01. The average Bonchev–Trinajstić information content (AvgIpc) is 3.06. The molecular weight excluding hydrogens is 663 g/mol. The molecule has 48 heavy (non-hydrogen) atoms. The van der Waals surface area contributed by atoms with E-state index in [4.69, 9.17) is 26.8 Å². The summed E-state index contributed by atoms with van der Waals surface area (Å²) in [6.45, 7) is 3.08. The fraction of sp³-hybridized carbons (Fsp3) is 0.188. The number of ether oxygens (including phenoxy) is 2. The summed E-state index contributed by atoms with van der Waals surface area (Å²) in [5.41, 5.74) is 0.500. The molecule has 5 rings (SSSR count). The van der Waals surface area contributed by atoms with Gasteiger partial charge in [0, 0.05) is 23.0 Å². The van der Waals surface area contributed by atoms with Gasteiger partial charge in [0.05, 0.1) is 57.7 Å². The van der Waals surface area contributed by atoms with Crippen LogP contribution < -0.4 is 10.7 Å². The molecule has 1 aromatic heterocycles. The quantitative estimate of drug-likeness (QED) is 0.122. The lowest BCUT2D eigenvalue weighted by molar-refractivity contribution is -0.385. The van der Waals surface area contributed by atoms with Gasteiger partial charge in [0.15, 0.2) is 4.77 Å². The first-order valence-corrected chi connectivity index (χ1v) is 16.1. The van der Waals surface area contributed by atoms with Crippen LogP contribution >= 0.6 is 12.2 Å². The number of esters is 2. The number of benzene rings is 3. The second kappa shape index (κ2) is 13.0. The minimum absolute atomic E-state index is 0.00251. The first-order chi connectivity index (χ1) is 22.7. The van der Waals surface area contributed by atoms with Crippen molar-refractivity contribution in [1.29, 1.82) is 0 Å². The van der Waals surface area contributed by atoms with Crippen LogP contribution in [0.1, 0.15) is 25.3 Å². The number of nitrogens with two attached hydrogens (primary N) is 1. The van der Waals surface area contributed by atoms with Crippen LogP contribution in [0.3, 0.4) is 0 Å². The van der Waals surface area contributed by atoms with Crippen LogP contribution in [0.25, 0.3) is 16.6 Å². The van der Waals surface area contributed by atoms with Gasteiger partial charge in [0.2, 0.25) is 10.0 Å². The van der Waals surface area contributed by atoms with Crippen molar-refractivity contribution in [3.05, 3.63) is 126 Å². The van der Waals surface area contributed by atoms with Crippen molar-refractivity contribution >= 4 is 50.8 Å². The molecule has 1 aliphatic rings. The van der Waals surface area contributed by atoms with Crippen LogP contribution in [0.15, 0.2) is 105 Å². The molecule has 1 aliphatic heterocycles. The molecule has 0 amide bonds. The number of nitro groups is 1. The monoisotopic (exact) mass is 691 g/mol. The van der Waals surface area contributed by atoms with Gasteiger partial charge in [-0.2, -0.15) is 0 Å². The number of fused-ring (bicyclic) bond motifs is 1. The third-order valence-electron chi connectivity index (χ3n) is 8.18. The van der Waals surface area contributed by atoms with E-state index in [0.717, 1.165) is 14.2 Å². The molecule has 3 aromatic carbocycles. The van der Waals surface area contributed by atoms with Crippen molar-refractivity contribution in [2.24, 2.45) is 5.14 Å². The molecule has 2 N–H and O–H groups in total. The summed E-state index contributed by atoms with van der Waals surface area (Å²) in [6.07, 6.45) is 0. The molecule has 0 atom stereocenters. The van der Waals surface area contributed by atoms with Crippen molar-refractivity contribution in [1.82, 2.24) is 14.0 Å². The van der Waals surface area contributed by atoms with E-state index >= 15 is 0 Å². The summed E-state index contributed by atoms with van der Waals surface area (Å²) in [4.78, 5) is 53.7. The average molecular weight is 692 g/mol. The highest BCUT2D eigenvalue weighted by atomic mass is 32.2. The lowest BCUT2D eigenvalue weighted by atomic mass is 9.79. The second-order valence-electron chi connectivity index (χ2n) is 10.7. The predicted octanol–water partition coefficient (Wildman–Crippen LogP) is 4.03. The van der Waals surface area contributed by atoms with Crippen LogP contribution in [-0.2, 0) is 35.8 Å². The summed E-state index contributed by atoms with van der Waals surface area (Å²) < 4.78 is 36.8. The molecule has 0 spiro atoms.